The molecule has 0 aromatic carbocycles. The van der Waals surface area contributed by atoms with Gasteiger partial charge < -0.3 is 5.73 Å². The van der Waals surface area contributed by atoms with Crippen molar-refractivity contribution in [2.24, 2.45) is 5.73 Å². The molecule has 0 spiro atoms. The third-order valence-electron chi connectivity index (χ3n) is 1.54. The second-order valence-corrected chi connectivity index (χ2v) is 2.24. The van der Waals surface area contributed by atoms with Gasteiger partial charge in [-0.3, -0.25) is 0 Å². The lowest BCUT2D eigenvalue weighted by Crippen LogP contribution is -2.22. The van der Waals surface area contributed by atoms with Gasteiger partial charge in [0.2, 0.25) is 0 Å². The molecular formula is C5H14BN. The highest BCUT2D eigenvalue weighted by molar-refractivity contribution is 6.35. The minimum Gasteiger partial charge on any atom is -0.328 e. The van der Waals surface area contributed by atoms with Gasteiger partial charge in [0.05, 0.1) is 0 Å². The fourth-order valence-electron chi connectivity index (χ4n) is 0.372. The molecule has 2 atom stereocenters. The van der Waals surface area contributed by atoms with Gasteiger partial charge in [-0.05, 0) is 6.04 Å². The van der Waals surface area contributed by atoms with Crippen LogP contribution in [0.2, 0.25) is 12.6 Å². The molecule has 1 nitrogen and oxygen atoms in total. The highest BCUT2D eigenvalue weighted by Crippen LogP contribution is 2.02. The van der Waals surface area contributed by atoms with Crippen LogP contribution in [0.15, 0.2) is 0 Å². The Morgan fingerprint density at radius 3 is 1.86 bits per heavy atom. The van der Waals surface area contributed by atoms with Crippen LogP contribution in [0.25, 0.3) is 0 Å². The average Bonchev–Trinajstić information content (AvgIpc) is 1.65. The third-order valence-corrected chi connectivity index (χ3v) is 1.54. The molecule has 0 fully saturated rings. The van der Waals surface area contributed by atoms with Gasteiger partial charge in [0.15, 0.2) is 0 Å². The molecule has 7 heavy (non-hydrogen) atoms. The molecule has 0 aromatic rings. The van der Waals surface area contributed by atoms with Crippen LogP contribution in [0.1, 0.15) is 13.8 Å². The first kappa shape index (κ1) is 7.02. The van der Waals surface area contributed by atoms with Crippen molar-refractivity contribution < 1.29 is 0 Å². The molecule has 0 aliphatic rings. The molecule has 2 N–H and O–H groups in total. The van der Waals surface area contributed by atoms with E-state index in [1.54, 1.807) is 0 Å². The van der Waals surface area contributed by atoms with Crippen LogP contribution in [-0.2, 0) is 0 Å². The molecule has 0 bridgehead atoms. The highest BCUT2D eigenvalue weighted by atomic mass is 14.6. The molecule has 0 radical (unpaired) electrons. The van der Waals surface area contributed by atoms with Crippen LogP contribution >= 0.6 is 0 Å². The van der Waals surface area contributed by atoms with Crippen molar-refractivity contribution in [1.29, 1.82) is 0 Å². The second kappa shape index (κ2) is 3.08. The van der Waals surface area contributed by atoms with Crippen molar-refractivity contribution in [3.63, 3.8) is 0 Å². The van der Waals surface area contributed by atoms with E-state index in [4.69, 9.17) is 5.73 Å². The third kappa shape index (κ3) is 2.69. The first-order chi connectivity index (χ1) is 3.18. The molecule has 0 aliphatic carbocycles. The van der Waals surface area contributed by atoms with Crippen molar-refractivity contribution in [1.82, 2.24) is 0 Å². The van der Waals surface area contributed by atoms with Crippen LogP contribution < -0.4 is 5.73 Å². The van der Waals surface area contributed by atoms with Crippen molar-refractivity contribution in [3.8, 4) is 0 Å². The molecule has 0 saturated heterocycles. The molecule has 0 aliphatic heterocycles. The summed E-state index contributed by atoms with van der Waals surface area (Å²) in [7, 11) is 1.19. The van der Waals surface area contributed by atoms with E-state index >= 15 is 0 Å². The molecule has 42 valence electrons. The topological polar surface area (TPSA) is 26.0 Å². The van der Waals surface area contributed by atoms with E-state index in [0.717, 1.165) is 0 Å². The molecule has 0 aromatic heterocycles. The molecule has 2 unspecified atom stereocenters. The Kier molecular flexibility index (Phi) is 3.09. The van der Waals surface area contributed by atoms with Gasteiger partial charge in [0.25, 0.3) is 0 Å². The van der Waals surface area contributed by atoms with Crippen molar-refractivity contribution in [3.05, 3.63) is 0 Å². The summed E-state index contributed by atoms with van der Waals surface area (Å²) < 4.78 is 0. The summed E-state index contributed by atoms with van der Waals surface area (Å²) >= 11 is 0. The van der Waals surface area contributed by atoms with Crippen molar-refractivity contribution >= 4 is 7.28 Å². The number of hydrogen-bond donors (Lipinski definition) is 1. The SMILES string of the molecule is CBC(C)C(C)N. The van der Waals surface area contributed by atoms with Crippen LogP contribution in [0.4, 0.5) is 0 Å². The standard InChI is InChI=1S/C5H14BN/c1-4(6-3)5(2)7/h4-6H,7H2,1-3H3. The van der Waals surface area contributed by atoms with Crippen molar-refractivity contribution in [2.75, 3.05) is 0 Å². The molecule has 0 saturated carbocycles. The minimum absolute atomic E-state index is 0.366. The molecule has 0 amide bonds. The molecule has 0 heterocycles. The summed E-state index contributed by atoms with van der Waals surface area (Å²) in [6.45, 7) is 6.38. The zero-order valence-electron chi connectivity index (χ0n) is 5.44. The highest BCUT2D eigenvalue weighted by Gasteiger charge is 2.02. The van der Waals surface area contributed by atoms with Crippen LogP contribution in [0, 0.1) is 0 Å². The summed E-state index contributed by atoms with van der Waals surface area (Å²) in [5.74, 6) is 0.681. The van der Waals surface area contributed by atoms with Crippen LogP contribution in [0.3, 0.4) is 0 Å². The second-order valence-electron chi connectivity index (χ2n) is 2.24. The number of rotatable bonds is 2. The predicted molar refractivity (Wildman–Crippen MR) is 36.1 cm³/mol. The zero-order chi connectivity index (χ0) is 5.86. The van der Waals surface area contributed by atoms with E-state index in [9.17, 15) is 0 Å². The minimum atomic E-state index is 0.366. The normalized spacial score (nSPS) is 18.3. The van der Waals surface area contributed by atoms with Crippen molar-refractivity contribution in [2.45, 2.75) is 32.5 Å². The van der Waals surface area contributed by atoms with Gasteiger partial charge in [-0.25, -0.2) is 0 Å². The summed E-state index contributed by atoms with van der Waals surface area (Å²) in [5, 5.41) is 0. The fourth-order valence-corrected chi connectivity index (χ4v) is 0.372. The average molecular weight is 99.0 g/mol. The maximum Gasteiger partial charge on any atom is 0.122 e. The summed E-state index contributed by atoms with van der Waals surface area (Å²) in [5.41, 5.74) is 5.55. The summed E-state index contributed by atoms with van der Waals surface area (Å²) in [6, 6.07) is 0.366. The monoisotopic (exact) mass is 99.1 g/mol. The van der Waals surface area contributed by atoms with E-state index in [1.165, 1.54) is 7.28 Å². The Balaban J connectivity index is 3.14. The van der Waals surface area contributed by atoms with Gasteiger partial charge in [0.1, 0.15) is 7.28 Å². The fraction of sp³-hybridized carbons (Fsp3) is 1.00. The van der Waals surface area contributed by atoms with E-state index in [2.05, 4.69) is 13.7 Å². The first-order valence-electron chi connectivity index (χ1n) is 2.94. The lowest BCUT2D eigenvalue weighted by molar-refractivity contribution is 0.707. The van der Waals surface area contributed by atoms with Gasteiger partial charge in [0, 0.05) is 0 Å². The number of hydrogen-bond acceptors (Lipinski definition) is 1. The lowest BCUT2D eigenvalue weighted by Gasteiger charge is -2.09. The number of nitrogens with two attached hydrogens (primary N) is 1. The quantitative estimate of drug-likeness (QED) is 0.504. The first-order valence-corrected chi connectivity index (χ1v) is 2.94. The van der Waals surface area contributed by atoms with Gasteiger partial charge in [-0.15, -0.1) is 0 Å². The Labute approximate surface area is 46.5 Å². The van der Waals surface area contributed by atoms with E-state index in [-0.39, 0.29) is 0 Å². The Morgan fingerprint density at radius 1 is 1.43 bits per heavy atom. The maximum atomic E-state index is 5.55. The largest absolute Gasteiger partial charge is 0.328 e. The van der Waals surface area contributed by atoms with Gasteiger partial charge in [-0.2, -0.15) is 0 Å². The van der Waals surface area contributed by atoms with Crippen LogP contribution in [0.5, 0.6) is 0 Å². The van der Waals surface area contributed by atoms with Crippen LogP contribution in [-0.4, -0.2) is 13.3 Å². The lowest BCUT2D eigenvalue weighted by atomic mass is 9.65. The summed E-state index contributed by atoms with van der Waals surface area (Å²) in [4.78, 5) is 0. The Hall–Kier alpha value is 0.0249. The van der Waals surface area contributed by atoms with Gasteiger partial charge >= 0.3 is 0 Å². The predicted octanol–water partition coefficient (Wildman–Crippen LogP) is 0.627. The van der Waals surface area contributed by atoms with E-state index in [0.29, 0.717) is 11.9 Å². The molecular weight excluding hydrogens is 84.9 g/mol. The van der Waals surface area contributed by atoms with E-state index < -0.39 is 0 Å². The smallest absolute Gasteiger partial charge is 0.122 e. The Morgan fingerprint density at radius 2 is 1.86 bits per heavy atom. The maximum absolute atomic E-state index is 5.55. The zero-order valence-corrected chi connectivity index (χ0v) is 5.44. The summed E-state index contributed by atoms with van der Waals surface area (Å²) in [6.07, 6.45) is 0. The molecule has 0 rings (SSSR count). The Bertz CT molecular complexity index is 45.3. The molecule has 2 heteroatoms. The van der Waals surface area contributed by atoms with Gasteiger partial charge in [-0.1, -0.05) is 26.5 Å². The van der Waals surface area contributed by atoms with E-state index in [1.807, 2.05) is 6.92 Å².